The third-order valence-corrected chi connectivity index (χ3v) is 4.42. The predicted molar refractivity (Wildman–Crippen MR) is 81.8 cm³/mol. The van der Waals surface area contributed by atoms with Crippen molar-refractivity contribution in [3.05, 3.63) is 35.4 Å². The smallest absolute Gasteiger partial charge is 0.256 e. The molecule has 4 heteroatoms. The van der Waals surface area contributed by atoms with E-state index in [1.807, 2.05) is 12.1 Å². The van der Waals surface area contributed by atoms with Gasteiger partial charge in [0.1, 0.15) is 0 Å². The lowest BCUT2D eigenvalue weighted by molar-refractivity contribution is -0.157. The number of aliphatic hydroxyl groups is 1. The van der Waals surface area contributed by atoms with E-state index < -0.39 is 5.60 Å². The van der Waals surface area contributed by atoms with E-state index in [1.54, 1.807) is 4.90 Å². The second-order valence-corrected chi connectivity index (χ2v) is 6.51. The SMILES string of the molecule is Cc1cccc(CN2CCC[C@@](O)(CNC3CC3)C2=O)c1. The predicted octanol–water partition coefficient (Wildman–Crippen LogP) is 1.60. The molecule has 0 unspecified atom stereocenters. The Labute approximate surface area is 126 Å². The standard InChI is InChI=1S/C17H24N2O2/c1-13-4-2-5-14(10-13)11-19-9-3-8-17(21,16(19)20)12-18-15-6-7-15/h2,4-5,10,15,18,21H,3,6-9,11-12H2,1H3/t17-/m1/s1. The highest BCUT2D eigenvalue weighted by atomic mass is 16.3. The van der Waals surface area contributed by atoms with Crippen LogP contribution in [0, 0.1) is 6.92 Å². The lowest BCUT2D eigenvalue weighted by Crippen LogP contribution is -2.57. The van der Waals surface area contributed by atoms with E-state index in [0.29, 0.717) is 25.6 Å². The van der Waals surface area contributed by atoms with Gasteiger partial charge in [-0.2, -0.15) is 0 Å². The minimum absolute atomic E-state index is 0.122. The van der Waals surface area contributed by atoms with Crippen LogP contribution in [0.25, 0.3) is 0 Å². The fraction of sp³-hybridized carbons (Fsp3) is 0.588. The van der Waals surface area contributed by atoms with Crippen LogP contribution >= 0.6 is 0 Å². The van der Waals surface area contributed by atoms with Crippen molar-refractivity contribution in [3.8, 4) is 0 Å². The van der Waals surface area contributed by atoms with Crippen molar-refractivity contribution < 1.29 is 9.90 Å². The molecule has 4 nitrogen and oxygen atoms in total. The summed E-state index contributed by atoms with van der Waals surface area (Å²) in [7, 11) is 0. The van der Waals surface area contributed by atoms with Crippen molar-refractivity contribution in [2.75, 3.05) is 13.1 Å². The first kappa shape index (κ1) is 14.5. The summed E-state index contributed by atoms with van der Waals surface area (Å²) in [5, 5.41) is 14.0. The topological polar surface area (TPSA) is 52.6 Å². The first-order valence-corrected chi connectivity index (χ1v) is 7.87. The van der Waals surface area contributed by atoms with E-state index >= 15 is 0 Å². The van der Waals surface area contributed by atoms with Gasteiger partial charge in [0.05, 0.1) is 0 Å². The van der Waals surface area contributed by atoms with Gasteiger partial charge in [-0.25, -0.2) is 0 Å². The van der Waals surface area contributed by atoms with Gasteiger partial charge in [0.25, 0.3) is 5.91 Å². The van der Waals surface area contributed by atoms with E-state index in [9.17, 15) is 9.90 Å². The first-order valence-electron chi connectivity index (χ1n) is 7.87. The largest absolute Gasteiger partial charge is 0.379 e. The molecule has 114 valence electrons. The zero-order valence-corrected chi connectivity index (χ0v) is 12.6. The lowest BCUT2D eigenvalue weighted by atomic mass is 9.91. The van der Waals surface area contributed by atoms with Crippen LogP contribution < -0.4 is 5.32 Å². The number of aryl methyl sites for hydroxylation is 1. The summed E-state index contributed by atoms with van der Waals surface area (Å²) in [6, 6.07) is 8.71. The van der Waals surface area contributed by atoms with Gasteiger partial charge >= 0.3 is 0 Å². The minimum atomic E-state index is -1.22. The quantitative estimate of drug-likeness (QED) is 0.865. The summed E-state index contributed by atoms with van der Waals surface area (Å²) >= 11 is 0. The maximum atomic E-state index is 12.6. The fourth-order valence-corrected chi connectivity index (χ4v) is 3.01. The summed E-state index contributed by atoms with van der Waals surface area (Å²) < 4.78 is 0. The van der Waals surface area contributed by atoms with Crippen LogP contribution in [0.3, 0.4) is 0 Å². The van der Waals surface area contributed by atoms with E-state index in [-0.39, 0.29) is 5.91 Å². The Morgan fingerprint density at radius 3 is 2.95 bits per heavy atom. The third kappa shape index (κ3) is 3.44. The zero-order chi connectivity index (χ0) is 14.9. The fourth-order valence-electron chi connectivity index (χ4n) is 3.01. The molecule has 2 fully saturated rings. The summed E-state index contributed by atoms with van der Waals surface area (Å²) in [4.78, 5) is 14.4. The zero-order valence-electron chi connectivity index (χ0n) is 12.6. The number of nitrogens with zero attached hydrogens (tertiary/aromatic N) is 1. The normalized spacial score (nSPS) is 26.2. The van der Waals surface area contributed by atoms with Crippen molar-refractivity contribution in [2.45, 2.75) is 50.8 Å². The Hall–Kier alpha value is -1.39. The molecule has 0 bridgehead atoms. The summed E-state index contributed by atoms with van der Waals surface area (Å²) in [6.45, 7) is 3.77. The van der Waals surface area contributed by atoms with E-state index in [4.69, 9.17) is 0 Å². The molecule has 1 saturated heterocycles. The number of carbonyl (C=O) groups is 1. The highest BCUT2D eigenvalue weighted by molar-refractivity contribution is 5.86. The molecule has 1 amide bonds. The highest BCUT2D eigenvalue weighted by Crippen LogP contribution is 2.26. The second-order valence-electron chi connectivity index (χ2n) is 6.51. The van der Waals surface area contributed by atoms with Crippen LogP contribution in [0.15, 0.2) is 24.3 Å². The van der Waals surface area contributed by atoms with Gasteiger partial charge in [-0.1, -0.05) is 29.8 Å². The number of benzene rings is 1. The Kier molecular flexibility index (Phi) is 4.00. The van der Waals surface area contributed by atoms with Gasteiger partial charge in [-0.05, 0) is 38.2 Å². The van der Waals surface area contributed by atoms with Crippen LogP contribution in [0.5, 0.6) is 0 Å². The van der Waals surface area contributed by atoms with Crippen LogP contribution in [0.2, 0.25) is 0 Å². The molecule has 0 radical (unpaired) electrons. The molecule has 0 aromatic heterocycles. The van der Waals surface area contributed by atoms with Gasteiger partial charge in [-0.3, -0.25) is 4.79 Å². The van der Waals surface area contributed by atoms with Gasteiger partial charge in [0.2, 0.25) is 0 Å². The summed E-state index contributed by atoms with van der Waals surface area (Å²) in [5.74, 6) is -0.122. The van der Waals surface area contributed by atoms with E-state index in [1.165, 1.54) is 5.56 Å². The lowest BCUT2D eigenvalue weighted by Gasteiger charge is -2.38. The maximum absolute atomic E-state index is 12.6. The molecule has 1 aliphatic heterocycles. The highest BCUT2D eigenvalue weighted by Gasteiger charge is 2.42. The van der Waals surface area contributed by atoms with E-state index in [0.717, 1.165) is 31.4 Å². The molecule has 2 aliphatic rings. The second kappa shape index (κ2) is 5.78. The summed E-state index contributed by atoms with van der Waals surface area (Å²) in [5.41, 5.74) is 1.11. The molecule has 1 atom stereocenters. The number of carbonyl (C=O) groups excluding carboxylic acids is 1. The molecular weight excluding hydrogens is 264 g/mol. The molecule has 1 heterocycles. The molecule has 21 heavy (non-hydrogen) atoms. The van der Waals surface area contributed by atoms with Crippen LogP contribution in [0.4, 0.5) is 0 Å². The number of rotatable bonds is 5. The molecule has 2 N–H and O–H groups in total. The van der Waals surface area contributed by atoms with Crippen LogP contribution in [-0.2, 0) is 11.3 Å². The van der Waals surface area contributed by atoms with Crippen molar-refractivity contribution in [1.82, 2.24) is 10.2 Å². The molecule has 1 aliphatic carbocycles. The average Bonchev–Trinajstić information content (AvgIpc) is 3.26. The van der Waals surface area contributed by atoms with Crippen molar-refractivity contribution in [1.29, 1.82) is 0 Å². The van der Waals surface area contributed by atoms with Gasteiger partial charge < -0.3 is 15.3 Å². The van der Waals surface area contributed by atoms with Crippen molar-refractivity contribution in [2.24, 2.45) is 0 Å². The Bertz CT molecular complexity index is 527. The van der Waals surface area contributed by atoms with Gasteiger partial charge in [0.15, 0.2) is 5.60 Å². The molecule has 1 saturated carbocycles. The molecule has 3 rings (SSSR count). The summed E-state index contributed by atoms with van der Waals surface area (Å²) in [6.07, 6.45) is 3.75. The van der Waals surface area contributed by atoms with Crippen molar-refractivity contribution in [3.63, 3.8) is 0 Å². The number of amides is 1. The maximum Gasteiger partial charge on any atom is 0.256 e. The monoisotopic (exact) mass is 288 g/mol. The number of hydrogen-bond donors (Lipinski definition) is 2. The number of nitrogens with one attached hydrogen (secondary N) is 1. The van der Waals surface area contributed by atoms with Crippen molar-refractivity contribution >= 4 is 5.91 Å². The Morgan fingerprint density at radius 2 is 2.24 bits per heavy atom. The molecule has 1 aromatic carbocycles. The third-order valence-electron chi connectivity index (χ3n) is 4.42. The molecular formula is C17H24N2O2. The van der Waals surface area contributed by atoms with Crippen LogP contribution in [0.1, 0.15) is 36.8 Å². The molecule has 1 aromatic rings. The van der Waals surface area contributed by atoms with Crippen LogP contribution in [-0.4, -0.2) is 40.6 Å². The first-order chi connectivity index (χ1) is 10.1. The average molecular weight is 288 g/mol. The van der Waals surface area contributed by atoms with Gasteiger partial charge in [0, 0.05) is 25.7 Å². The number of hydrogen-bond acceptors (Lipinski definition) is 3. The number of piperidine rings is 1. The van der Waals surface area contributed by atoms with Gasteiger partial charge in [-0.15, -0.1) is 0 Å². The van der Waals surface area contributed by atoms with E-state index in [2.05, 4.69) is 24.4 Å². The molecule has 0 spiro atoms. The Morgan fingerprint density at radius 1 is 1.43 bits per heavy atom. The number of likely N-dealkylation sites (tertiary alicyclic amines) is 1. The minimum Gasteiger partial charge on any atom is -0.379 e. The Balaban J connectivity index is 1.66.